The minimum absolute atomic E-state index is 0.118. The van der Waals surface area contributed by atoms with Crippen LogP contribution in [-0.2, 0) is 9.59 Å². The van der Waals surface area contributed by atoms with Crippen molar-refractivity contribution in [2.45, 2.75) is 12.3 Å². The Kier molecular flexibility index (Phi) is 3.50. The van der Waals surface area contributed by atoms with Gasteiger partial charge in [0.2, 0.25) is 17.5 Å². The number of fused-ring (bicyclic) bond motifs is 2. The Morgan fingerprint density at radius 3 is 2.48 bits per heavy atom. The first-order valence-electron chi connectivity index (χ1n) is 7.96. The van der Waals surface area contributed by atoms with Crippen molar-refractivity contribution in [3.63, 3.8) is 0 Å². The Labute approximate surface area is 144 Å². The summed E-state index contributed by atoms with van der Waals surface area (Å²) in [5.74, 6) is -1.09. The molecule has 1 aliphatic carbocycles. The van der Waals surface area contributed by atoms with Crippen molar-refractivity contribution < 1.29 is 19.1 Å². The quantitative estimate of drug-likeness (QED) is 0.857. The second kappa shape index (κ2) is 5.70. The number of Topliss-reactive ketones (excluding diaryl/α,β-unsaturated/α-hetero) is 2. The molecule has 0 saturated heterocycles. The molecule has 5 nitrogen and oxygen atoms in total. The number of methoxy groups -OCH3 is 1. The second-order valence-corrected chi connectivity index (χ2v) is 6.07. The number of amides is 1. The van der Waals surface area contributed by atoms with Crippen LogP contribution in [0.15, 0.2) is 54.1 Å². The zero-order chi connectivity index (χ0) is 17.6. The Morgan fingerprint density at radius 2 is 1.72 bits per heavy atom. The molecule has 5 heteroatoms. The molecule has 124 valence electrons. The molecule has 1 N–H and O–H groups in total. The third-order valence-corrected chi connectivity index (χ3v) is 4.66. The first-order chi connectivity index (χ1) is 12.1. The van der Waals surface area contributed by atoms with Crippen molar-refractivity contribution in [1.82, 2.24) is 5.32 Å². The molecule has 0 spiro atoms. The van der Waals surface area contributed by atoms with Crippen molar-refractivity contribution in [2.75, 3.05) is 7.11 Å². The molecule has 2 aliphatic rings. The Bertz CT molecular complexity index is 958. The highest BCUT2D eigenvalue weighted by Crippen LogP contribution is 2.41. The number of carbonyl (C=O) groups excluding carboxylic acids is 3. The summed E-state index contributed by atoms with van der Waals surface area (Å²) in [6, 6.07) is 14.1. The van der Waals surface area contributed by atoms with E-state index in [0.717, 1.165) is 5.56 Å². The lowest BCUT2D eigenvalue weighted by Gasteiger charge is -2.31. The van der Waals surface area contributed by atoms with Gasteiger partial charge in [-0.15, -0.1) is 0 Å². The fourth-order valence-electron chi connectivity index (χ4n) is 3.49. The van der Waals surface area contributed by atoms with E-state index in [4.69, 9.17) is 4.74 Å². The molecule has 2 aromatic carbocycles. The highest BCUT2D eigenvalue weighted by Gasteiger charge is 2.41. The number of rotatable bonds is 2. The van der Waals surface area contributed by atoms with Crippen LogP contribution in [-0.4, -0.2) is 24.6 Å². The second-order valence-electron chi connectivity index (χ2n) is 6.07. The SMILES string of the molecule is COc1cccc(C2CC(=O)NC3=C2C(=O)C(=O)c2ccccc23)c1. The van der Waals surface area contributed by atoms with Gasteiger partial charge in [0.25, 0.3) is 0 Å². The van der Waals surface area contributed by atoms with Crippen molar-refractivity contribution in [3.8, 4) is 5.75 Å². The Morgan fingerprint density at radius 1 is 0.960 bits per heavy atom. The Balaban J connectivity index is 1.94. The molecule has 1 heterocycles. The first-order valence-corrected chi connectivity index (χ1v) is 7.96. The molecule has 0 saturated carbocycles. The monoisotopic (exact) mass is 333 g/mol. The van der Waals surface area contributed by atoms with E-state index in [0.29, 0.717) is 28.1 Å². The zero-order valence-corrected chi connectivity index (χ0v) is 13.5. The van der Waals surface area contributed by atoms with E-state index in [-0.39, 0.29) is 12.3 Å². The van der Waals surface area contributed by atoms with E-state index < -0.39 is 17.5 Å². The van der Waals surface area contributed by atoms with Gasteiger partial charge in [0.1, 0.15) is 5.75 Å². The van der Waals surface area contributed by atoms with Gasteiger partial charge < -0.3 is 10.1 Å². The lowest BCUT2D eigenvalue weighted by molar-refractivity contribution is -0.120. The predicted molar refractivity (Wildman–Crippen MR) is 91.2 cm³/mol. The van der Waals surface area contributed by atoms with Crippen LogP contribution in [0, 0.1) is 0 Å². The van der Waals surface area contributed by atoms with Crippen LogP contribution >= 0.6 is 0 Å². The summed E-state index contributed by atoms with van der Waals surface area (Å²) in [6.07, 6.45) is 0.118. The maximum atomic E-state index is 12.8. The molecule has 0 fully saturated rings. The zero-order valence-electron chi connectivity index (χ0n) is 13.5. The maximum Gasteiger partial charge on any atom is 0.233 e. The van der Waals surface area contributed by atoms with Gasteiger partial charge in [-0.3, -0.25) is 14.4 Å². The molecular weight excluding hydrogens is 318 g/mol. The Hall–Kier alpha value is -3.21. The number of hydrogen-bond acceptors (Lipinski definition) is 4. The van der Waals surface area contributed by atoms with Crippen molar-refractivity contribution in [2.24, 2.45) is 0 Å². The highest BCUT2D eigenvalue weighted by molar-refractivity contribution is 6.53. The normalized spacial score (nSPS) is 19.2. The fourth-order valence-corrected chi connectivity index (χ4v) is 3.49. The number of ether oxygens (including phenoxy) is 1. The molecule has 0 aromatic heterocycles. The largest absolute Gasteiger partial charge is 0.497 e. The van der Waals surface area contributed by atoms with Crippen LogP contribution in [0.4, 0.5) is 0 Å². The molecular formula is C20H15NO4. The van der Waals surface area contributed by atoms with Gasteiger partial charge in [0.05, 0.1) is 12.8 Å². The van der Waals surface area contributed by atoms with Crippen LogP contribution in [0.25, 0.3) is 5.70 Å². The van der Waals surface area contributed by atoms with Gasteiger partial charge in [-0.1, -0.05) is 36.4 Å². The van der Waals surface area contributed by atoms with Crippen molar-refractivity contribution in [1.29, 1.82) is 0 Å². The fraction of sp³-hybridized carbons (Fsp3) is 0.150. The molecule has 25 heavy (non-hydrogen) atoms. The van der Waals surface area contributed by atoms with Gasteiger partial charge in [0.15, 0.2) is 0 Å². The van der Waals surface area contributed by atoms with E-state index in [1.165, 1.54) is 0 Å². The van der Waals surface area contributed by atoms with Crippen LogP contribution in [0.5, 0.6) is 5.75 Å². The summed E-state index contributed by atoms with van der Waals surface area (Å²) in [5.41, 5.74) is 2.52. The topological polar surface area (TPSA) is 72.5 Å². The van der Waals surface area contributed by atoms with Gasteiger partial charge in [-0.2, -0.15) is 0 Å². The highest BCUT2D eigenvalue weighted by atomic mass is 16.5. The van der Waals surface area contributed by atoms with Gasteiger partial charge in [-0.25, -0.2) is 0 Å². The third-order valence-electron chi connectivity index (χ3n) is 4.66. The summed E-state index contributed by atoms with van der Waals surface area (Å²) in [7, 11) is 1.56. The van der Waals surface area contributed by atoms with E-state index in [9.17, 15) is 14.4 Å². The molecule has 4 rings (SSSR count). The number of hydrogen-bond donors (Lipinski definition) is 1. The van der Waals surface area contributed by atoms with Gasteiger partial charge in [0, 0.05) is 29.0 Å². The lowest BCUT2D eigenvalue weighted by Crippen LogP contribution is -2.39. The van der Waals surface area contributed by atoms with Crippen molar-refractivity contribution in [3.05, 3.63) is 70.8 Å². The summed E-state index contributed by atoms with van der Waals surface area (Å²) in [4.78, 5) is 37.6. The van der Waals surface area contributed by atoms with Gasteiger partial charge >= 0.3 is 0 Å². The average Bonchev–Trinajstić information content (AvgIpc) is 2.65. The molecule has 1 aliphatic heterocycles. The smallest absolute Gasteiger partial charge is 0.233 e. The number of ketones is 2. The molecule has 1 atom stereocenters. The first kappa shape index (κ1) is 15.3. The molecule has 0 radical (unpaired) electrons. The summed E-state index contributed by atoms with van der Waals surface area (Å²) < 4.78 is 5.24. The van der Waals surface area contributed by atoms with E-state index in [1.807, 2.05) is 12.1 Å². The number of nitrogens with one attached hydrogen (secondary N) is 1. The van der Waals surface area contributed by atoms with Crippen LogP contribution in [0.3, 0.4) is 0 Å². The van der Waals surface area contributed by atoms with Gasteiger partial charge in [-0.05, 0) is 17.7 Å². The van der Waals surface area contributed by atoms with E-state index in [2.05, 4.69) is 5.32 Å². The average molecular weight is 333 g/mol. The lowest BCUT2D eigenvalue weighted by atomic mass is 9.75. The third kappa shape index (κ3) is 2.36. The van der Waals surface area contributed by atoms with E-state index >= 15 is 0 Å². The molecule has 2 aromatic rings. The van der Waals surface area contributed by atoms with Crippen LogP contribution < -0.4 is 10.1 Å². The molecule has 1 unspecified atom stereocenters. The minimum atomic E-state index is -0.554. The minimum Gasteiger partial charge on any atom is -0.497 e. The predicted octanol–water partition coefficient (Wildman–Crippen LogP) is 2.48. The standard InChI is InChI=1S/C20H15NO4/c1-25-12-6-4-5-11(9-12)15-10-16(22)21-18-13-7-2-3-8-14(13)19(23)20(24)17(15)18/h2-9,15H,10H2,1H3,(H,21,22). The number of carbonyl (C=O) groups is 3. The summed E-state index contributed by atoms with van der Waals surface area (Å²) in [6.45, 7) is 0. The molecule has 0 bridgehead atoms. The summed E-state index contributed by atoms with van der Waals surface area (Å²) >= 11 is 0. The van der Waals surface area contributed by atoms with E-state index in [1.54, 1.807) is 43.5 Å². The number of benzene rings is 2. The van der Waals surface area contributed by atoms with Crippen LogP contribution in [0.1, 0.15) is 33.8 Å². The maximum absolute atomic E-state index is 12.8. The molecule has 1 amide bonds. The van der Waals surface area contributed by atoms with Crippen LogP contribution in [0.2, 0.25) is 0 Å². The van der Waals surface area contributed by atoms with Crippen molar-refractivity contribution >= 4 is 23.2 Å². The summed E-state index contributed by atoms with van der Waals surface area (Å²) in [5, 5.41) is 2.79. The number of allylic oxidation sites excluding steroid dienone is 1.